The van der Waals surface area contributed by atoms with Gasteiger partial charge in [0.15, 0.2) is 0 Å². The number of hydrogen-bond acceptors (Lipinski definition) is 2. The molecule has 0 aromatic rings. The highest BCUT2D eigenvalue weighted by Crippen LogP contribution is 2.37. The molecular formula is C14H25ClN2. The van der Waals surface area contributed by atoms with E-state index < -0.39 is 0 Å². The number of nitrogens with one attached hydrogen (secondary N) is 1. The number of rotatable bonds is 5. The molecule has 1 aliphatic carbocycles. The SMILES string of the molecule is CCC1(CC)CNC(C2CC2)CN1C/C=C/Cl. The van der Waals surface area contributed by atoms with E-state index in [4.69, 9.17) is 11.6 Å². The van der Waals surface area contributed by atoms with E-state index in [-0.39, 0.29) is 0 Å². The summed E-state index contributed by atoms with van der Waals surface area (Å²) in [5, 5.41) is 3.78. The summed E-state index contributed by atoms with van der Waals surface area (Å²) in [6.45, 7) is 7.93. The highest BCUT2D eigenvalue weighted by Gasteiger charge is 2.42. The second-order valence-electron chi connectivity index (χ2n) is 5.52. The summed E-state index contributed by atoms with van der Waals surface area (Å²) in [6.07, 6.45) is 7.34. The Kier molecular flexibility index (Phi) is 4.51. The summed E-state index contributed by atoms with van der Waals surface area (Å²) in [5.74, 6) is 0.934. The fourth-order valence-electron chi connectivity index (χ4n) is 3.13. The highest BCUT2D eigenvalue weighted by molar-refractivity contribution is 6.25. The third-order valence-corrected chi connectivity index (χ3v) is 4.88. The maximum absolute atomic E-state index is 5.69. The van der Waals surface area contributed by atoms with E-state index in [0.29, 0.717) is 11.6 Å². The lowest BCUT2D eigenvalue weighted by atomic mass is 9.86. The van der Waals surface area contributed by atoms with Crippen molar-refractivity contribution in [3.63, 3.8) is 0 Å². The fourth-order valence-corrected chi connectivity index (χ4v) is 3.21. The van der Waals surface area contributed by atoms with E-state index >= 15 is 0 Å². The van der Waals surface area contributed by atoms with E-state index in [1.54, 1.807) is 5.54 Å². The van der Waals surface area contributed by atoms with Gasteiger partial charge in [0.05, 0.1) is 0 Å². The minimum absolute atomic E-state index is 0.335. The van der Waals surface area contributed by atoms with Crippen LogP contribution in [0.15, 0.2) is 11.6 Å². The third-order valence-electron chi connectivity index (χ3n) is 4.70. The topological polar surface area (TPSA) is 15.3 Å². The number of hydrogen-bond donors (Lipinski definition) is 1. The molecule has 98 valence electrons. The molecule has 1 N–H and O–H groups in total. The zero-order chi connectivity index (χ0) is 12.3. The van der Waals surface area contributed by atoms with Crippen molar-refractivity contribution >= 4 is 11.6 Å². The molecule has 0 amide bonds. The molecule has 0 spiro atoms. The number of nitrogens with zero attached hydrogens (tertiary/aromatic N) is 1. The van der Waals surface area contributed by atoms with E-state index in [9.17, 15) is 0 Å². The van der Waals surface area contributed by atoms with Crippen LogP contribution in [-0.4, -0.2) is 36.1 Å². The minimum atomic E-state index is 0.335. The van der Waals surface area contributed by atoms with Crippen LogP contribution in [0.4, 0.5) is 0 Å². The van der Waals surface area contributed by atoms with Crippen LogP contribution < -0.4 is 5.32 Å². The second-order valence-corrected chi connectivity index (χ2v) is 5.77. The molecule has 1 heterocycles. The maximum atomic E-state index is 5.69. The molecule has 2 nitrogen and oxygen atoms in total. The van der Waals surface area contributed by atoms with Gasteiger partial charge in [0.1, 0.15) is 0 Å². The molecule has 1 saturated heterocycles. The van der Waals surface area contributed by atoms with Crippen LogP contribution >= 0.6 is 11.6 Å². The molecule has 1 saturated carbocycles. The van der Waals surface area contributed by atoms with Crippen LogP contribution in [0.1, 0.15) is 39.5 Å². The van der Waals surface area contributed by atoms with Crippen molar-refractivity contribution < 1.29 is 0 Å². The summed E-state index contributed by atoms with van der Waals surface area (Å²) in [4.78, 5) is 2.64. The summed E-state index contributed by atoms with van der Waals surface area (Å²) in [7, 11) is 0. The maximum Gasteiger partial charge on any atom is 0.0332 e. The molecule has 1 aliphatic heterocycles. The van der Waals surface area contributed by atoms with Gasteiger partial charge in [0.2, 0.25) is 0 Å². The molecule has 2 aliphatic rings. The van der Waals surface area contributed by atoms with E-state index in [0.717, 1.165) is 19.0 Å². The van der Waals surface area contributed by atoms with Gasteiger partial charge in [-0.15, -0.1) is 0 Å². The molecule has 0 bridgehead atoms. The van der Waals surface area contributed by atoms with Gasteiger partial charge in [-0.25, -0.2) is 0 Å². The largest absolute Gasteiger partial charge is 0.311 e. The lowest BCUT2D eigenvalue weighted by molar-refractivity contribution is 0.0377. The average molecular weight is 257 g/mol. The summed E-state index contributed by atoms with van der Waals surface area (Å²) in [6, 6.07) is 0.713. The fraction of sp³-hybridized carbons (Fsp3) is 0.857. The van der Waals surface area contributed by atoms with Crippen LogP contribution in [-0.2, 0) is 0 Å². The van der Waals surface area contributed by atoms with Crippen LogP contribution in [0.5, 0.6) is 0 Å². The number of halogens is 1. The Morgan fingerprint density at radius 1 is 1.35 bits per heavy atom. The second kappa shape index (κ2) is 5.73. The zero-order valence-electron chi connectivity index (χ0n) is 11.1. The van der Waals surface area contributed by atoms with Gasteiger partial charge >= 0.3 is 0 Å². The Labute approximate surface area is 110 Å². The molecule has 2 rings (SSSR count). The smallest absolute Gasteiger partial charge is 0.0332 e. The molecule has 17 heavy (non-hydrogen) atoms. The van der Waals surface area contributed by atoms with Crippen LogP contribution in [0.25, 0.3) is 0 Å². The van der Waals surface area contributed by atoms with Crippen LogP contribution in [0.3, 0.4) is 0 Å². The molecule has 0 aromatic carbocycles. The van der Waals surface area contributed by atoms with Crippen molar-refractivity contribution in [1.82, 2.24) is 10.2 Å². The van der Waals surface area contributed by atoms with Crippen molar-refractivity contribution in [2.75, 3.05) is 19.6 Å². The number of piperazine rings is 1. The predicted octanol–water partition coefficient (Wildman–Crippen LogP) is 2.98. The van der Waals surface area contributed by atoms with Crippen molar-refractivity contribution in [2.24, 2.45) is 5.92 Å². The predicted molar refractivity (Wildman–Crippen MR) is 74.4 cm³/mol. The quantitative estimate of drug-likeness (QED) is 0.814. The molecule has 2 fully saturated rings. The molecule has 0 aromatic heterocycles. The highest BCUT2D eigenvalue weighted by atomic mass is 35.5. The van der Waals surface area contributed by atoms with Crippen molar-refractivity contribution in [2.45, 2.75) is 51.1 Å². The average Bonchev–Trinajstić information content (AvgIpc) is 3.20. The van der Waals surface area contributed by atoms with Gasteiger partial charge < -0.3 is 5.32 Å². The normalized spacial score (nSPS) is 29.9. The van der Waals surface area contributed by atoms with Crippen molar-refractivity contribution in [3.05, 3.63) is 11.6 Å². The van der Waals surface area contributed by atoms with Gasteiger partial charge in [-0.3, -0.25) is 4.90 Å². The van der Waals surface area contributed by atoms with Crippen LogP contribution in [0.2, 0.25) is 0 Å². The van der Waals surface area contributed by atoms with Gasteiger partial charge in [-0.05, 0) is 31.6 Å². The lowest BCUT2D eigenvalue weighted by Crippen LogP contribution is -2.64. The first kappa shape index (κ1) is 13.4. The standard InChI is InChI=1S/C14H25ClN2/c1-3-14(4-2)11-16-13(12-6-7-12)10-17(14)9-5-8-15/h5,8,12-13,16H,3-4,6-7,9-11H2,1-2H3/b8-5+. The third kappa shape index (κ3) is 2.86. The van der Waals surface area contributed by atoms with Gasteiger partial charge in [0.25, 0.3) is 0 Å². The molecule has 3 heteroatoms. The van der Waals surface area contributed by atoms with Gasteiger partial charge in [-0.2, -0.15) is 0 Å². The summed E-state index contributed by atoms with van der Waals surface area (Å²) >= 11 is 5.69. The zero-order valence-corrected chi connectivity index (χ0v) is 11.8. The van der Waals surface area contributed by atoms with E-state index in [2.05, 4.69) is 30.1 Å². The molecule has 1 atom stereocenters. The Bertz CT molecular complexity index is 269. The first-order chi connectivity index (χ1) is 8.25. The van der Waals surface area contributed by atoms with E-state index in [1.807, 2.05) is 0 Å². The van der Waals surface area contributed by atoms with Gasteiger partial charge in [-0.1, -0.05) is 31.5 Å². The Hall–Kier alpha value is -0.0500. The molecule has 1 unspecified atom stereocenters. The lowest BCUT2D eigenvalue weighted by Gasteiger charge is -2.49. The molecule has 0 radical (unpaired) electrons. The first-order valence-corrected chi connectivity index (χ1v) is 7.43. The molecular weight excluding hydrogens is 232 g/mol. The monoisotopic (exact) mass is 256 g/mol. The first-order valence-electron chi connectivity index (χ1n) is 6.99. The Morgan fingerprint density at radius 3 is 2.59 bits per heavy atom. The Balaban J connectivity index is 2.04. The van der Waals surface area contributed by atoms with Crippen LogP contribution in [0, 0.1) is 5.92 Å². The summed E-state index contributed by atoms with van der Waals surface area (Å²) < 4.78 is 0. The van der Waals surface area contributed by atoms with E-state index in [1.165, 1.54) is 32.2 Å². The van der Waals surface area contributed by atoms with Gasteiger partial charge in [0, 0.05) is 36.8 Å². The van der Waals surface area contributed by atoms with Crippen molar-refractivity contribution in [1.29, 1.82) is 0 Å². The van der Waals surface area contributed by atoms with Crippen molar-refractivity contribution in [3.8, 4) is 0 Å². The minimum Gasteiger partial charge on any atom is -0.311 e. The summed E-state index contributed by atoms with van der Waals surface area (Å²) in [5.41, 5.74) is 1.99. The Morgan fingerprint density at radius 2 is 2.06 bits per heavy atom.